The van der Waals surface area contributed by atoms with Gasteiger partial charge < -0.3 is 4.74 Å². The number of benzene rings is 1. The van der Waals surface area contributed by atoms with Gasteiger partial charge in [-0.05, 0) is 99.8 Å². The number of ether oxygens (including phenoxy) is 1. The molecule has 0 heterocycles. The van der Waals surface area contributed by atoms with E-state index in [4.69, 9.17) is 4.74 Å². The minimum atomic E-state index is -0.330. The summed E-state index contributed by atoms with van der Waals surface area (Å²) in [5, 5.41) is 0. The van der Waals surface area contributed by atoms with E-state index in [0.717, 1.165) is 30.6 Å². The molecule has 0 amide bonds. The van der Waals surface area contributed by atoms with Crippen LogP contribution in [0.3, 0.4) is 0 Å². The van der Waals surface area contributed by atoms with E-state index in [1.165, 1.54) is 82.1 Å². The molecule has 2 saturated carbocycles. The largest absolute Gasteiger partial charge is 0.459 e. The smallest absolute Gasteiger partial charge is 0.338 e. The number of rotatable bonds is 7. The molecular formula is C25H35FO2. The van der Waals surface area contributed by atoms with E-state index < -0.39 is 0 Å². The van der Waals surface area contributed by atoms with Crippen molar-refractivity contribution in [1.82, 2.24) is 0 Å². The predicted octanol–water partition coefficient (Wildman–Crippen LogP) is 7.09. The highest BCUT2D eigenvalue weighted by Crippen LogP contribution is 2.41. The van der Waals surface area contributed by atoms with Gasteiger partial charge in [0.2, 0.25) is 0 Å². The molecule has 2 aliphatic carbocycles. The molecule has 0 unspecified atom stereocenters. The van der Waals surface area contributed by atoms with Crippen LogP contribution in [0.4, 0.5) is 4.39 Å². The summed E-state index contributed by atoms with van der Waals surface area (Å²) in [6.07, 6.45) is 18.4. The van der Waals surface area contributed by atoms with Crippen LogP contribution in [-0.4, -0.2) is 12.1 Å². The number of esters is 1. The van der Waals surface area contributed by atoms with Crippen molar-refractivity contribution >= 4 is 5.97 Å². The second kappa shape index (κ2) is 10.8. The van der Waals surface area contributed by atoms with Crippen LogP contribution < -0.4 is 0 Å². The van der Waals surface area contributed by atoms with Gasteiger partial charge >= 0.3 is 5.97 Å². The molecular weight excluding hydrogens is 351 g/mol. The summed E-state index contributed by atoms with van der Waals surface area (Å²) in [4.78, 5) is 12.2. The molecule has 0 saturated heterocycles. The van der Waals surface area contributed by atoms with Crippen LogP contribution in [0.5, 0.6) is 0 Å². The summed E-state index contributed by atoms with van der Waals surface area (Å²) in [6.45, 7) is 2.25. The highest BCUT2D eigenvalue weighted by molar-refractivity contribution is 5.89. The Morgan fingerprint density at radius 3 is 2.21 bits per heavy atom. The van der Waals surface area contributed by atoms with Crippen molar-refractivity contribution in [3.8, 4) is 0 Å². The third kappa shape index (κ3) is 6.18. The molecule has 0 radical (unpaired) electrons. The molecule has 3 heteroatoms. The summed E-state index contributed by atoms with van der Waals surface area (Å²) < 4.78 is 18.7. The van der Waals surface area contributed by atoms with Gasteiger partial charge in [0.15, 0.2) is 0 Å². The molecule has 0 spiro atoms. The van der Waals surface area contributed by atoms with Crippen LogP contribution in [0, 0.1) is 23.6 Å². The quantitative estimate of drug-likeness (QED) is 0.284. The zero-order valence-corrected chi connectivity index (χ0v) is 17.2. The van der Waals surface area contributed by atoms with E-state index >= 15 is 0 Å². The SMILES string of the molecule is CCCC/C=C/[C@H]1CC[C@H](C2CCC(OC(=O)c3ccc(F)cc3)CC2)CC1. The van der Waals surface area contributed by atoms with E-state index in [9.17, 15) is 9.18 Å². The van der Waals surface area contributed by atoms with Gasteiger partial charge in [-0.25, -0.2) is 9.18 Å². The van der Waals surface area contributed by atoms with Crippen molar-refractivity contribution < 1.29 is 13.9 Å². The Morgan fingerprint density at radius 2 is 1.61 bits per heavy atom. The maximum absolute atomic E-state index is 13.0. The van der Waals surface area contributed by atoms with Crippen molar-refractivity contribution in [2.45, 2.75) is 83.7 Å². The Labute approximate surface area is 169 Å². The molecule has 2 nitrogen and oxygen atoms in total. The first kappa shape index (κ1) is 21.1. The Bertz CT molecular complexity index is 620. The van der Waals surface area contributed by atoms with Crippen LogP contribution in [0.25, 0.3) is 0 Å². The van der Waals surface area contributed by atoms with Gasteiger partial charge in [-0.3, -0.25) is 0 Å². The minimum Gasteiger partial charge on any atom is -0.459 e. The molecule has 3 rings (SSSR count). The first-order chi connectivity index (χ1) is 13.7. The fourth-order valence-electron chi connectivity index (χ4n) is 4.90. The van der Waals surface area contributed by atoms with Gasteiger partial charge in [-0.1, -0.05) is 31.9 Å². The lowest BCUT2D eigenvalue weighted by Crippen LogP contribution is -2.29. The molecule has 1 aromatic carbocycles. The molecule has 2 fully saturated rings. The third-order valence-corrected chi connectivity index (χ3v) is 6.69. The number of hydrogen-bond acceptors (Lipinski definition) is 2. The molecule has 0 aliphatic heterocycles. The highest BCUT2D eigenvalue weighted by atomic mass is 19.1. The summed E-state index contributed by atoms with van der Waals surface area (Å²) in [6, 6.07) is 5.61. The fraction of sp³-hybridized carbons (Fsp3) is 0.640. The van der Waals surface area contributed by atoms with E-state index in [-0.39, 0.29) is 17.9 Å². The number of carbonyl (C=O) groups excluding carboxylic acids is 1. The second-order valence-corrected chi connectivity index (χ2v) is 8.69. The Hall–Kier alpha value is -1.64. The normalized spacial score (nSPS) is 28.4. The number of unbranched alkanes of at least 4 members (excludes halogenated alkanes) is 2. The van der Waals surface area contributed by atoms with Crippen molar-refractivity contribution in [1.29, 1.82) is 0 Å². The highest BCUT2D eigenvalue weighted by Gasteiger charge is 2.31. The minimum absolute atomic E-state index is 0.0200. The van der Waals surface area contributed by atoms with Gasteiger partial charge in [0.05, 0.1) is 5.56 Å². The number of carbonyl (C=O) groups is 1. The zero-order chi connectivity index (χ0) is 19.8. The average Bonchev–Trinajstić information content (AvgIpc) is 2.73. The molecule has 0 N–H and O–H groups in total. The monoisotopic (exact) mass is 386 g/mol. The van der Waals surface area contributed by atoms with Crippen molar-refractivity contribution in [2.24, 2.45) is 17.8 Å². The Morgan fingerprint density at radius 1 is 1.00 bits per heavy atom. The maximum atomic E-state index is 13.0. The fourth-order valence-corrected chi connectivity index (χ4v) is 4.90. The van der Waals surface area contributed by atoms with E-state index in [2.05, 4.69) is 19.1 Å². The van der Waals surface area contributed by atoms with Gasteiger partial charge in [0.1, 0.15) is 11.9 Å². The molecule has 1 aromatic rings. The zero-order valence-electron chi connectivity index (χ0n) is 17.2. The van der Waals surface area contributed by atoms with Crippen molar-refractivity contribution in [3.63, 3.8) is 0 Å². The second-order valence-electron chi connectivity index (χ2n) is 8.69. The van der Waals surface area contributed by atoms with Crippen LogP contribution >= 0.6 is 0 Å². The topological polar surface area (TPSA) is 26.3 Å². The first-order valence-corrected chi connectivity index (χ1v) is 11.3. The van der Waals surface area contributed by atoms with Crippen molar-refractivity contribution in [3.05, 3.63) is 47.8 Å². The van der Waals surface area contributed by atoms with E-state index in [0.29, 0.717) is 5.56 Å². The summed E-state index contributed by atoms with van der Waals surface area (Å²) in [5.74, 6) is 1.79. The molecule has 0 aromatic heterocycles. The van der Waals surface area contributed by atoms with Gasteiger partial charge in [-0.15, -0.1) is 0 Å². The molecule has 28 heavy (non-hydrogen) atoms. The number of halogens is 1. The van der Waals surface area contributed by atoms with Crippen LogP contribution in [-0.2, 0) is 4.74 Å². The van der Waals surface area contributed by atoms with Gasteiger partial charge in [0, 0.05) is 0 Å². The molecule has 154 valence electrons. The molecule has 0 bridgehead atoms. The average molecular weight is 387 g/mol. The third-order valence-electron chi connectivity index (χ3n) is 6.69. The Kier molecular flexibility index (Phi) is 8.12. The van der Waals surface area contributed by atoms with Crippen LogP contribution in [0.2, 0.25) is 0 Å². The van der Waals surface area contributed by atoms with Crippen molar-refractivity contribution in [2.75, 3.05) is 0 Å². The van der Waals surface area contributed by atoms with Crippen LogP contribution in [0.1, 0.15) is 87.9 Å². The predicted molar refractivity (Wildman–Crippen MR) is 112 cm³/mol. The summed E-state index contributed by atoms with van der Waals surface area (Å²) in [5.41, 5.74) is 0.439. The maximum Gasteiger partial charge on any atom is 0.338 e. The van der Waals surface area contributed by atoms with Gasteiger partial charge in [0.25, 0.3) is 0 Å². The first-order valence-electron chi connectivity index (χ1n) is 11.3. The Balaban J connectivity index is 1.37. The molecule has 2 aliphatic rings. The lowest BCUT2D eigenvalue weighted by molar-refractivity contribution is 0.0113. The summed E-state index contributed by atoms with van der Waals surface area (Å²) in [7, 11) is 0. The standard InChI is InChI=1S/C25H35FO2/c1-2-3-4-5-6-19-7-9-20(10-8-19)21-13-17-24(18-14-21)28-25(27)22-11-15-23(26)16-12-22/h5-6,11-12,15-16,19-21,24H,2-4,7-10,13-14,17-18H2,1H3/b6-5+/t19-,20-,21?,24?. The lowest BCUT2D eigenvalue weighted by Gasteiger charge is -2.37. The van der Waals surface area contributed by atoms with E-state index in [1.54, 1.807) is 0 Å². The summed E-state index contributed by atoms with van der Waals surface area (Å²) >= 11 is 0. The number of allylic oxidation sites excluding steroid dienone is 2. The lowest BCUT2D eigenvalue weighted by atomic mass is 9.70. The number of hydrogen-bond donors (Lipinski definition) is 0. The van der Waals surface area contributed by atoms with Gasteiger partial charge in [-0.2, -0.15) is 0 Å². The van der Waals surface area contributed by atoms with E-state index in [1.807, 2.05) is 0 Å². The van der Waals surface area contributed by atoms with Crippen LogP contribution in [0.15, 0.2) is 36.4 Å². The molecule has 0 atom stereocenters.